The zero-order chi connectivity index (χ0) is 30.9. The highest BCUT2D eigenvalue weighted by Crippen LogP contribution is 2.48. The van der Waals surface area contributed by atoms with Gasteiger partial charge in [0.15, 0.2) is 17.5 Å². The van der Waals surface area contributed by atoms with Crippen molar-refractivity contribution < 1.29 is 0 Å². The smallest absolute Gasteiger partial charge is 0.164 e. The van der Waals surface area contributed by atoms with Crippen molar-refractivity contribution in [1.82, 2.24) is 29.5 Å². The Kier molecular flexibility index (Phi) is 5.48. The Bertz CT molecular complexity index is 2620. The second-order valence-electron chi connectivity index (χ2n) is 11.7. The molecule has 218 valence electrons. The minimum Gasteiger partial charge on any atom is -0.294 e. The van der Waals surface area contributed by atoms with E-state index in [-0.39, 0.29) is 0 Å². The lowest BCUT2D eigenvalue weighted by molar-refractivity contribution is 1.07. The normalized spacial score (nSPS) is 11.8. The van der Waals surface area contributed by atoms with Crippen LogP contribution in [0.3, 0.4) is 0 Å². The average molecular weight is 601 g/mol. The molecule has 6 heteroatoms. The van der Waals surface area contributed by atoms with Crippen molar-refractivity contribution in [2.24, 2.45) is 0 Å². The maximum Gasteiger partial charge on any atom is 0.164 e. The molecule has 0 aliphatic heterocycles. The van der Waals surface area contributed by atoms with Gasteiger partial charge < -0.3 is 0 Å². The molecule has 0 bridgehead atoms. The van der Waals surface area contributed by atoms with Crippen molar-refractivity contribution in [3.05, 3.63) is 146 Å². The summed E-state index contributed by atoms with van der Waals surface area (Å²) in [6, 6.07) is 45.8. The molecule has 4 heterocycles. The first kappa shape index (κ1) is 25.8. The summed E-state index contributed by atoms with van der Waals surface area (Å²) in [7, 11) is 0. The number of nitrogens with zero attached hydrogens (tertiary/aromatic N) is 6. The minimum atomic E-state index is 0.612. The van der Waals surface area contributed by atoms with Crippen LogP contribution in [0, 0.1) is 0 Å². The Labute approximate surface area is 269 Å². The van der Waals surface area contributed by atoms with Crippen LogP contribution in [0.4, 0.5) is 0 Å². The van der Waals surface area contributed by atoms with Crippen LogP contribution >= 0.6 is 0 Å². The largest absolute Gasteiger partial charge is 0.294 e. The molecule has 10 rings (SSSR count). The molecule has 1 aliphatic rings. The van der Waals surface area contributed by atoms with Gasteiger partial charge in [-0.25, -0.2) is 19.9 Å². The van der Waals surface area contributed by atoms with Crippen LogP contribution in [-0.4, -0.2) is 29.5 Å². The third kappa shape index (κ3) is 3.88. The fourth-order valence-corrected chi connectivity index (χ4v) is 7.03. The average Bonchev–Trinajstić information content (AvgIpc) is 3.43. The maximum atomic E-state index is 5.01. The molecule has 9 aromatic rings. The van der Waals surface area contributed by atoms with E-state index in [2.05, 4.69) is 71.3 Å². The molecule has 0 fully saturated rings. The van der Waals surface area contributed by atoms with E-state index in [1.807, 2.05) is 79.1 Å². The number of benzene rings is 5. The van der Waals surface area contributed by atoms with Crippen molar-refractivity contribution in [2.45, 2.75) is 0 Å². The number of hydrogen-bond acceptors (Lipinski definition) is 5. The highest BCUT2D eigenvalue weighted by molar-refractivity contribution is 6.29. The first-order valence-corrected chi connectivity index (χ1v) is 15.6. The Morgan fingerprint density at radius 2 is 1.11 bits per heavy atom. The Morgan fingerprint density at radius 3 is 1.87 bits per heavy atom. The van der Waals surface area contributed by atoms with E-state index in [0.29, 0.717) is 17.5 Å². The van der Waals surface area contributed by atoms with Gasteiger partial charge in [0.25, 0.3) is 0 Å². The third-order valence-corrected chi connectivity index (χ3v) is 9.07. The van der Waals surface area contributed by atoms with Crippen molar-refractivity contribution in [3.63, 3.8) is 0 Å². The predicted octanol–water partition coefficient (Wildman–Crippen LogP) is 9.56. The van der Waals surface area contributed by atoms with E-state index in [1.54, 1.807) is 0 Å². The lowest BCUT2D eigenvalue weighted by atomic mass is 9.96. The van der Waals surface area contributed by atoms with Gasteiger partial charge >= 0.3 is 0 Å². The predicted molar refractivity (Wildman–Crippen MR) is 188 cm³/mol. The maximum absolute atomic E-state index is 5.01. The molecule has 0 saturated carbocycles. The quantitative estimate of drug-likeness (QED) is 0.201. The summed E-state index contributed by atoms with van der Waals surface area (Å²) < 4.78 is 2.26. The Morgan fingerprint density at radius 1 is 0.426 bits per heavy atom. The Hall–Kier alpha value is -6.53. The van der Waals surface area contributed by atoms with Crippen LogP contribution in [0.15, 0.2) is 146 Å². The van der Waals surface area contributed by atoms with Crippen molar-refractivity contribution in [1.29, 1.82) is 0 Å². The number of fused-ring (bicyclic) bond motifs is 3. The molecular weight excluding hydrogens is 576 g/mol. The molecule has 0 radical (unpaired) electrons. The van der Waals surface area contributed by atoms with Crippen LogP contribution in [0.25, 0.3) is 94.9 Å². The molecule has 0 spiro atoms. The summed E-state index contributed by atoms with van der Waals surface area (Å²) >= 11 is 0. The van der Waals surface area contributed by atoms with E-state index in [1.165, 1.54) is 21.7 Å². The Balaban J connectivity index is 1.24. The number of hydrogen-bond donors (Lipinski definition) is 0. The van der Waals surface area contributed by atoms with Crippen LogP contribution in [0.1, 0.15) is 0 Å². The molecule has 5 aromatic carbocycles. The van der Waals surface area contributed by atoms with Gasteiger partial charge in [-0.3, -0.25) is 9.55 Å². The molecule has 47 heavy (non-hydrogen) atoms. The summed E-state index contributed by atoms with van der Waals surface area (Å²) in [5, 5.41) is 4.73. The fourth-order valence-electron chi connectivity index (χ4n) is 7.03. The van der Waals surface area contributed by atoms with Gasteiger partial charge in [0.2, 0.25) is 0 Å². The lowest BCUT2D eigenvalue weighted by Gasteiger charge is -2.13. The van der Waals surface area contributed by atoms with Crippen LogP contribution in [0.2, 0.25) is 0 Å². The first-order chi connectivity index (χ1) is 23.3. The number of rotatable bonds is 4. The van der Waals surface area contributed by atoms with Gasteiger partial charge in [-0.15, -0.1) is 0 Å². The zero-order valence-electron chi connectivity index (χ0n) is 25.0. The second-order valence-corrected chi connectivity index (χ2v) is 11.7. The van der Waals surface area contributed by atoms with Crippen molar-refractivity contribution >= 4 is 32.7 Å². The van der Waals surface area contributed by atoms with E-state index in [0.717, 1.165) is 55.7 Å². The standard InChI is InChI=1S/C41H24N6/c1-3-10-26(11-4-1)38-44-39(27-12-5-2-6-13-27)46-40(45-38)28-15-7-16-29(24-28)47-33-20-19-25-14-8-17-30-31-18-9-22-42-37(31)32-21-23-43-41(47)35(32)36(33)34(25)30/h1-24H. The monoisotopic (exact) mass is 600 g/mol. The van der Waals surface area contributed by atoms with Crippen LogP contribution in [0.5, 0.6) is 0 Å². The molecule has 4 aromatic heterocycles. The van der Waals surface area contributed by atoms with Gasteiger partial charge in [0, 0.05) is 56.7 Å². The minimum absolute atomic E-state index is 0.612. The molecule has 0 saturated heterocycles. The third-order valence-electron chi connectivity index (χ3n) is 9.07. The summed E-state index contributed by atoms with van der Waals surface area (Å²) in [4.78, 5) is 24.8. The number of pyridine rings is 2. The highest BCUT2D eigenvalue weighted by Gasteiger charge is 2.26. The summed E-state index contributed by atoms with van der Waals surface area (Å²) in [5.74, 6) is 1.88. The van der Waals surface area contributed by atoms with Gasteiger partial charge in [-0.2, -0.15) is 0 Å². The molecular formula is C41H24N6. The van der Waals surface area contributed by atoms with Crippen molar-refractivity contribution in [3.8, 4) is 62.2 Å². The summed E-state index contributed by atoms with van der Waals surface area (Å²) in [5.41, 5.74) is 10.1. The van der Waals surface area contributed by atoms with Gasteiger partial charge in [0.1, 0.15) is 5.65 Å². The first-order valence-electron chi connectivity index (χ1n) is 15.6. The van der Waals surface area contributed by atoms with Crippen molar-refractivity contribution in [2.75, 3.05) is 0 Å². The summed E-state index contributed by atoms with van der Waals surface area (Å²) in [6.45, 7) is 0. The molecule has 6 nitrogen and oxygen atoms in total. The fraction of sp³-hybridized carbons (Fsp3) is 0. The molecule has 0 amide bonds. The summed E-state index contributed by atoms with van der Waals surface area (Å²) in [6.07, 6.45) is 3.77. The molecule has 0 unspecified atom stereocenters. The highest BCUT2D eigenvalue weighted by atomic mass is 15.1. The van der Waals surface area contributed by atoms with E-state index in [4.69, 9.17) is 24.9 Å². The molecule has 0 atom stereocenters. The van der Waals surface area contributed by atoms with Gasteiger partial charge in [-0.1, -0.05) is 103 Å². The van der Waals surface area contributed by atoms with Gasteiger partial charge in [0.05, 0.1) is 11.2 Å². The zero-order valence-corrected chi connectivity index (χ0v) is 25.0. The SMILES string of the molecule is c1ccc(-c2nc(-c3ccccc3)nc(-c3cccc(-n4c5ccc6cccc7c6c5c5c(ccnc54)-c4ncccc4-7)c3)n2)cc1. The molecule has 1 aliphatic carbocycles. The topological polar surface area (TPSA) is 69.4 Å². The van der Waals surface area contributed by atoms with E-state index < -0.39 is 0 Å². The second kappa shape index (κ2) is 9.99. The molecule has 0 N–H and O–H groups in total. The lowest BCUT2D eigenvalue weighted by Crippen LogP contribution is -2.01. The van der Waals surface area contributed by atoms with E-state index >= 15 is 0 Å². The van der Waals surface area contributed by atoms with Crippen LogP contribution < -0.4 is 0 Å². The number of aromatic nitrogens is 6. The van der Waals surface area contributed by atoms with Gasteiger partial charge in [-0.05, 0) is 46.7 Å². The van der Waals surface area contributed by atoms with E-state index in [9.17, 15) is 0 Å². The van der Waals surface area contributed by atoms with Crippen LogP contribution in [-0.2, 0) is 0 Å².